The number of hydrogen-bond acceptors (Lipinski definition) is 5. The van der Waals surface area contributed by atoms with Crippen LogP contribution in [0.25, 0.3) is 0 Å². The Kier molecular flexibility index (Phi) is 4.73. The first-order chi connectivity index (χ1) is 10.2. The lowest BCUT2D eigenvalue weighted by atomic mass is 10.0. The van der Waals surface area contributed by atoms with Gasteiger partial charge in [-0.05, 0) is 42.4 Å². The lowest BCUT2D eigenvalue weighted by molar-refractivity contribution is 0.681. The van der Waals surface area contributed by atoms with Gasteiger partial charge in [0.05, 0.1) is 26.4 Å². The molecule has 0 atom stereocenters. The van der Waals surface area contributed by atoms with Gasteiger partial charge in [0.15, 0.2) is 0 Å². The van der Waals surface area contributed by atoms with Crippen LogP contribution in [0.15, 0.2) is 5.38 Å². The Bertz CT molecular complexity index is 635. The fraction of sp³-hybridized carbons (Fsp3) is 0.533. The Morgan fingerprint density at radius 2 is 2.05 bits per heavy atom. The van der Waals surface area contributed by atoms with E-state index in [0.717, 1.165) is 28.8 Å². The minimum absolute atomic E-state index is 0.600. The molecule has 112 valence electrons. The molecule has 0 bridgehead atoms. The summed E-state index contributed by atoms with van der Waals surface area (Å²) >= 11 is 4.06. The summed E-state index contributed by atoms with van der Waals surface area (Å²) in [5.41, 5.74) is 2.30. The molecule has 6 heteroatoms. The zero-order chi connectivity index (χ0) is 14.8. The van der Waals surface area contributed by atoms with E-state index in [4.69, 9.17) is 4.98 Å². The van der Waals surface area contributed by atoms with Gasteiger partial charge in [0, 0.05) is 18.3 Å². The molecule has 1 aliphatic rings. The molecule has 0 radical (unpaired) electrons. The van der Waals surface area contributed by atoms with Crippen molar-refractivity contribution in [2.45, 2.75) is 44.9 Å². The second-order valence-electron chi connectivity index (χ2n) is 5.45. The van der Waals surface area contributed by atoms with E-state index < -0.39 is 0 Å². The minimum atomic E-state index is 0.600. The molecule has 0 aromatic carbocycles. The van der Waals surface area contributed by atoms with Crippen LogP contribution in [0.5, 0.6) is 0 Å². The van der Waals surface area contributed by atoms with Gasteiger partial charge in [-0.2, -0.15) is 0 Å². The second kappa shape index (κ2) is 6.56. The van der Waals surface area contributed by atoms with Crippen LogP contribution >= 0.6 is 33.9 Å². The van der Waals surface area contributed by atoms with Crippen molar-refractivity contribution >= 4 is 39.7 Å². The van der Waals surface area contributed by atoms with Gasteiger partial charge in [-0.15, -0.1) is 11.3 Å². The van der Waals surface area contributed by atoms with Crippen LogP contribution in [0.4, 0.5) is 5.82 Å². The highest BCUT2D eigenvalue weighted by atomic mass is 127. The molecule has 2 aromatic heterocycles. The van der Waals surface area contributed by atoms with Crippen molar-refractivity contribution in [2.75, 3.05) is 12.4 Å². The van der Waals surface area contributed by atoms with E-state index in [1.165, 1.54) is 34.9 Å². The SMILES string of the molecule is CNc1nc(Cc2csc(C)n2)nc(C2CCCC2)c1I. The second-order valence-corrected chi connectivity index (χ2v) is 7.59. The van der Waals surface area contributed by atoms with Gasteiger partial charge >= 0.3 is 0 Å². The standard InChI is InChI=1S/C15H19IN4S/c1-9-18-11(8-21-9)7-12-19-14(10-5-3-4-6-10)13(16)15(17-2)20-12/h8,10H,3-7H2,1-2H3,(H,17,19,20). The molecule has 0 unspecified atom stereocenters. The molecule has 4 nitrogen and oxygen atoms in total. The van der Waals surface area contributed by atoms with Crippen LogP contribution in [-0.2, 0) is 6.42 Å². The molecule has 3 rings (SSSR count). The first kappa shape index (κ1) is 15.1. The highest BCUT2D eigenvalue weighted by Crippen LogP contribution is 2.37. The van der Waals surface area contributed by atoms with Crippen molar-refractivity contribution in [1.82, 2.24) is 15.0 Å². The summed E-state index contributed by atoms with van der Waals surface area (Å²) in [5.74, 6) is 2.43. The van der Waals surface area contributed by atoms with Gasteiger partial charge in [-0.25, -0.2) is 15.0 Å². The summed E-state index contributed by atoms with van der Waals surface area (Å²) < 4.78 is 1.18. The number of nitrogens with zero attached hydrogens (tertiary/aromatic N) is 3. The van der Waals surface area contributed by atoms with E-state index in [9.17, 15) is 0 Å². The number of aryl methyl sites for hydroxylation is 1. The molecule has 0 amide bonds. The zero-order valence-corrected chi connectivity index (χ0v) is 15.3. The molecule has 1 saturated carbocycles. The summed E-state index contributed by atoms with van der Waals surface area (Å²) in [7, 11) is 1.93. The molecule has 0 aliphatic heterocycles. The first-order valence-corrected chi connectivity index (χ1v) is 9.28. The molecular formula is C15H19IN4S. The Labute approximate surface area is 143 Å². The number of nitrogens with one attached hydrogen (secondary N) is 1. The number of aromatic nitrogens is 3. The van der Waals surface area contributed by atoms with Crippen molar-refractivity contribution in [3.8, 4) is 0 Å². The van der Waals surface area contributed by atoms with E-state index in [-0.39, 0.29) is 0 Å². The number of rotatable bonds is 4. The van der Waals surface area contributed by atoms with Crippen molar-refractivity contribution in [3.63, 3.8) is 0 Å². The lowest BCUT2D eigenvalue weighted by Gasteiger charge is -2.15. The Morgan fingerprint density at radius 3 is 2.67 bits per heavy atom. The van der Waals surface area contributed by atoms with Crippen molar-refractivity contribution < 1.29 is 0 Å². The Balaban J connectivity index is 1.94. The van der Waals surface area contributed by atoms with Crippen LogP contribution in [0.1, 0.15) is 53.8 Å². The Hall–Kier alpha value is -0.760. The topological polar surface area (TPSA) is 50.7 Å². The highest BCUT2D eigenvalue weighted by molar-refractivity contribution is 14.1. The maximum absolute atomic E-state index is 4.87. The van der Waals surface area contributed by atoms with E-state index in [1.807, 2.05) is 14.0 Å². The van der Waals surface area contributed by atoms with Crippen molar-refractivity contribution in [1.29, 1.82) is 0 Å². The molecular weight excluding hydrogens is 395 g/mol. The third kappa shape index (κ3) is 3.36. The van der Waals surface area contributed by atoms with Crippen LogP contribution in [-0.4, -0.2) is 22.0 Å². The predicted molar refractivity (Wildman–Crippen MR) is 95.2 cm³/mol. The van der Waals surface area contributed by atoms with Crippen molar-refractivity contribution in [3.05, 3.63) is 31.2 Å². The zero-order valence-electron chi connectivity index (χ0n) is 12.3. The van der Waals surface area contributed by atoms with Crippen LogP contribution in [0.3, 0.4) is 0 Å². The van der Waals surface area contributed by atoms with E-state index in [2.05, 4.69) is 43.3 Å². The molecule has 2 heterocycles. The number of thiazole rings is 1. The quantitative estimate of drug-likeness (QED) is 0.765. The summed E-state index contributed by atoms with van der Waals surface area (Å²) in [6, 6.07) is 0. The summed E-state index contributed by atoms with van der Waals surface area (Å²) in [6.07, 6.45) is 5.87. The minimum Gasteiger partial charge on any atom is -0.372 e. The molecule has 1 fully saturated rings. The van der Waals surface area contributed by atoms with Gasteiger partial charge in [0.2, 0.25) is 0 Å². The maximum Gasteiger partial charge on any atom is 0.143 e. The van der Waals surface area contributed by atoms with Gasteiger partial charge in [0.1, 0.15) is 11.6 Å². The van der Waals surface area contributed by atoms with Gasteiger partial charge in [0.25, 0.3) is 0 Å². The highest BCUT2D eigenvalue weighted by Gasteiger charge is 2.23. The van der Waals surface area contributed by atoms with Gasteiger partial charge < -0.3 is 5.32 Å². The fourth-order valence-corrected chi connectivity index (χ4v) is 4.44. The van der Waals surface area contributed by atoms with Crippen LogP contribution in [0, 0.1) is 10.5 Å². The van der Waals surface area contributed by atoms with E-state index >= 15 is 0 Å². The summed E-state index contributed by atoms with van der Waals surface area (Å²) in [5, 5.41) is 6.41. The molecule has 0 spiro atoms. The van der Waals surface area contributed by atoms with Gasteiger partial charge in [-0.3, -0.25) is 0 Å². The average Bonchev–Trinajstić information content (AvgIpc) is 3.12. The summed E-state index contributed by atoms with van der Waals surface area (Å²) in [6.45, 7) is 2.03. The smallest absolute Gasteiger partial charge is 0.143 e. The Morgan fingerprint density at radius 1 is 1.29 bits per heavy atom. The van der Waals surface area contributed by atoms with Crippen LogP contribution in [0.2, 0.25) is 0 Å². The molecule has 1 N–H and O–H groups in total. The number of anilines is 1. The van der Waals surface area contributed by atoms with Crippen LogP contribution < -0.4 is 5.32 Å². The largest absolute Gasteiger partial charge is 0.372 e. The van der Waals surface area contributed by atoms with E-state index in [0.29, 0.717) is 5.92 Å². The monoisotopic (exact) mass is 414 g/mol. The number of hydrogen-bond donors (Lipinski definition) is 1. The molecule has 21 heavy (non-hydrogen) atoms. The fourth-order valence-electron chi connectivity index (χ4n) is 2.88. The third-order valence-electron chi connectivity index (χ3n) is 3.91. The van der Waals surface area contributed by atoms with Gasteiger partial charge in [-0.1, -0.05) is 12.8 Å². The normalized spacial score (nSPS) is 15.6. The third-order valence-corrected chi connectivity index (χ3v) is 5.79. The molecule has 0 saturated heterocycles. The average molecular weight is 414 g/mol. The lowest BCUT2D eigenvalue weighted by Crippen LogP contribution is -2.10. The molecule has 1 aliphatic carbocycles. The first-order valence-electron chi connectivity index (χ1n) is 7.32. The predicted octanol–water partition coefficient (Wildman–Crippen LogP) is 4.14. The van der Waals surface area contributed by atoms with Crippen molar-refractivity contribution in [2.24, 2.45) is 0 Å². The molecule has 2 aromatic rings. The van der Waals surface area contributed by atoms with E-state index in [1.54, 1.807) is 11.3 Å². The summed E-state index contributed by atoms with van der Waals surface area (Å²) in [4.78, 5) is 14.1. The number of halogens is 1. The maximum atomic E-state index is 4.87.